The quantitative estimate of drug-likeness (QED) is 0.813. The Morgan fingerprint density at radius 1 is 1.43 bits per heavy atom. The van der Waals surface area contributed by atoms with Crippen LogP contribution in [-0.2, 0) is 11.3 Å². The van der Waals surface area contributed by atoms with Gasteiger partial charge in [0, 0.05) is 25.7 Å². The van der Waals surface area contributed by atoms with Gasteiger partial charge in [0.05, 0.1) is 12.0 Å². The fourth-order valence-electron chi connectivity index (χ4n) is 2.78. The molecule has 1 aromatic rings. The smallest absolute Gasteiger partial charge is 0.227 e. The molecule has 1 saturated heterocycles. The van der Waals surface area contributed by atoms with Crippen molar-refractivity contribution in [1.82, 2.24) is 10.2 Å². The summed E-state index contributed by atoms with van der Waals surface area (Å²) >= 11 is 0. The van der Waals surface area contributed by atoms with Crippen LogP contribution < -0.4 is 11.1 Å². The van der Waals surface area contributed by atoms with Gasteiger partial charge >= 0.3 is 0 Å². The average Bonchev–Trinajstić information content (AvgIpc) is 2.88. The van der Waals surface area contributed by atoms with Crippen molar-refractivity contribution in [1.29, 1.82) is 0 Å². The van der Waals surface area contributed by atoms with E-state index in [2.05, 4.69) is 34.2 Å². The average molecular weight is 285 g/mol. The second kappa shape index (κ2) is 6.75. The molecule has 1 fully saturated rings. The first-order valence-corrected chi connectivity index (χ1v) is 7.30. The molecule has 4 nitrogen and oxygen atoms in total. The van der Waals surface area contributed by atoms with Crippen LogP contribution in [0.3, 0.4) is 0 Å². The van der Waals surface area contributed by atoms with E-state index in [0.29, 0.717) is 6.54 Å². The molecule has 1 amide bonds. The van der Waals surface area contributed by atoms with Gasteiger partial charge in [0.25, 0.3) is 0 Å². The minimum absolute atomic E-state index is 0.136. The summed E-state index contributed by atoms with van der Waals surface area (Å²) in [7, 11) is 1.71. The summed E-state index contributed by atoms with van der Waals surface area (Å²) in [5.74, 6) is 6.01. The predicted octanol–water partition coefficient (Wildman–Crippen LogP) is 0.955. The summed E-state index contributed by atoms with van der Waals surface area (Å²) in [5, 5.41) is 2.77. The van der Waals surface area contributed by atoms with Gasteiger partial charge in [0.15, 0.2) is 0 Å². The van der Waals surface area contributed by atoms with Crippen molar-refractivity contribution < 1.29 is 4.79 Å². The van der Waals surface area contributed by atoms with Gasteiger partial charge in [-0.15, -0.1) is 0 Å². The number of likely N-dealkylation sites (tertiary alicyclic amines) is 1. The van der Waals surface area contributed by atoms with Crippen molar-refractivity contribution in [3.8, 4) is 11.8 Å². The molecule has 0 radical (unpaired) electrons. The maximum Gasteiger partial charge on any atom is 0.227 e. The molecular weight excluding hydrogens is 262 g/mol. The molecule has 4 heteroatoms. The third kappa shape index (κ3) is 3.84. The highest BCUT2D eigenvalue weighted by Crippen LogP contribution is 2.30. The number of hydrogen-bond acceptors (Lipinski definition) is 3. The number of amides is 1. The molecule has 1 atom stereocenters. The van der Waals surface area contributed by atoms with Gasteiger partial charge < -0.3 is 11.1 Å². The van der Waals surface area contributed by atoms with Crippen LogP contribution in [0.2, 0.25) is 0 Å². The molecule has 1 aliphatic heterocycles. The first-order valence-electron chi connectivity index (χ1n) is 7.30. The number of carbonyl (C=O) groups excluding carboxylic acids is 1. The molecule has 112 valence electrons. The lowest BCUT2D eigenvalue weighted by Crippen LogP contribution is -2.39. The summed E-state index contributed by atoms with van der Waals surface area (Å²) in [6.07, 6.45) is 0.909. The first-order chi connectivity index (χ1) is 10.1. The van der Waals surface area contributed by atoms with Gasteiger partial charge in [-0.3, -0.25) is 9.69 Å². The molecule has 0 aromatic heterocycles. The minimum Gasteiger partial charge on any atom is -0.359 e. The summed E-state index contributed by atoms with van der Waals surface area (Å²) in [6, 6.07) is 8.23. The Morgan fingerprint density at radius 2 is 2.14 bits per heavy atom. The highest BCUT2D eigenvalue weighted by atomic mass is 16.2. The van der Waals surface area contributed by atoms with E-state index in [9.17, 15) is 4.79 Å². The van der Waals surface area contributed by atoms with Gasteiger partial charge in [0.1, 0.15) is 0 Å². The van der Waals surface area contributed by atoms with Gasteiger partial charge in [-0.25, -0.2) is 0 Å². The maximum absolute atomic E-state index is 11.9. The fraction of sp³-hybridized carbons (Fsp3) is 0.471. The normalized spacial score (nSPS) is 21.7. The van der Waals surface area contributed by atoms with E-state index in [1.54, 1.807) is 7.05 Å². The number of carbonyl (C=O) groups is 1. The Bertz CT molecular complexity index is 556. The fourth-order valence-corrected chi connectivity index (χ4v) is 2.78. The lowest BCUT2D eigenvalue weighted by molar-refractivity contribution is -0.129. The lowest BCUT2D eigenvalue weighted by Gasteiger charge is -2.22. The van der Waals surface area contributed by atoms with Crippen LogP contribution >= 0.6 is 0 Å². The van der Waals surface area contributed by atoms with Crippen LogP contribution in [0.25, 0.3) is 0 Å². The van der Waals surface area contributed by atoms with E-state index in [-0.39, 0.29) is 11.3 Å². The number of hydrogen-bond donors (Lipinski definition) is 2. The zero-order valence-electron chi connectivity index (χ0n) is 12.8. The monoisotopic (exact) mass is 285 g/mol. The Labute approximate surface area is 126 Å². The van der Waals surface area contributed by atoms with E-state index in [0.717, 1.165) is 31.6 Å². The van der Waals surface area contributed by atoms with Crippen molar-refractivity contribution >= 4 is 5.91 Å². The molecule has 1 aliphatic rings. The topological polar surface area (TPSA) is 58.4 Å². The summed E-state index contributed by atoms with van der Waals surface area (Å²) in [6.45, 7) is 5.06. The Balaban J connectivity index is 1.96. The Hall–Kier alpha value is -1.83. The Kier molecular flexibility index (Phi) is 5.00. The van der Waals surface area contributed by atoms with Gasteiger partial charge in [-0.2, -0.15) is 0 Å². The van der Waals surface area contributed by atoms with Crippen molar-refractivity contribution in [2.45, 2.75) is 19.9 Å². The number of benzene rings is 1. The number of nitrogens with one attached hydrogen (secondary N) is 1. The summed E-state index contributed by atoms with van der Waals surface area (Å²) in [4.78, 5) is 14.2. The van der Waals surface area contributed by atoms with Crippen molar-refractivity contribution in [2.75, 3.05) is 26.7 Å². The summed E-state index contributed by atoms with van der Waals surface area (Å²) < 4.78 is 0. The van der Waals surface area contributed by atoms with E-state index < -0.39 is 0 Å². The minimum atomic E-state index is -0.263. The van der Waals surface area contributed by atoms with Crippen LogP contribution in [-0.4, -0.2) is 37.5 Å². The van der Waals surface area contributed by atoms with E-state index >= 15 is 0 Å². The zero-order valence-corrected chi connectivity index (χ0v) is 12.8. The standard InChI is InChI=1S/C17H23N3O/c1-17(16(21)19-2)9-11-20(13-17)12-15-7-5-14(6-8-15)4-3-10-18/h5-8H,9-13,18H2,1-2H3,(H,19,21). The number of nitrogens with zero attached hydrogens (tertiary/aromatic N) is 1. The zero-order chi connectivity index (χ0) is 15.3. The van der Waals surface area contributed by atoms with E-state index in [1.165, 1.54) is 5.56 Å². The van der Waals surface area contributed by atoms with Crippen LogP contribution in [0.15, 0.2) is 24.3 Å². The second-order valence-corrected chi connectivity index (χ2v) is 5.80. The molecule has 3 N–H and O–H groups in total. The van der Waals surface area contributed by atoms with Crippen LogP contribution in [0.5, 0.6) is 0 Å². The molecule has 1 unspecified atom stereocenters. The first kappa shape index (κ1) is 15.6. The van der Waals surface area contributed by atoms with Crippen molar-refractivity contribution in [2.24, 2.45) is 11.1 Å². The third-order valence-corrected chi connectivity index (χ3v) is 4.02. The SMILES string of the molecule is CNC(=O)C1(C)CCN(Cc2ccc(C#CCN)cc2)C1. The molecule has 0 spiro atoms. The largest absolute Gasteiger partial charge is 0.359 e. The van der Waals surface area contributed by atoms with Crippen molar-refractivity contribution in [3.63, 3.8) is 0 Å². The number of rotatable bonds is 3. The lowest BCUT2D eigenvalue weighted by atomic mass is 9.89. The molecule has 0 aliphatic carbocycles. The molecule has 2 rings (SSSR count). The predicted molar refractivity (Wildman–Crippen MR) is 84.4 cm³/mol. The van der Waals surface area contributed by atoms with E-state index in [1.807, 2.05) is 19.1 Å². The molecule has 0 bridgehead atoms. The Morgan fingerprint density at radius 3 is 2.76 bits per heavy atom. The number of nitrogens with two attached hydrogens (primary N) is 1. The van der Waals surface area contributed by atoms with Crippen LogP contribution in [0, 0.1) is 17.3 Å². The molecule has 0 saturated carbocycles. The second-order valence-electron chi connectivity index (χ2n) is 5.80. The van der Waals surface area contributed by atoms with Crippen molar-refractivity contribution in [3.05, 3.63) is 35.4 Å². The molecule has 1 aromatic carbocycles. The molecule has 21 heavy (non-hydrogen) atoms. The van der Waals surface area contributed by atoms with Crippen LogP contribution in [0.4, 0.5) is 0 Å². The third-order valence-electron chi connectivity index (χ3n) is 4.02. The summed E-state index contributed by atoms with van der Waals surface area (Å²) in [5.41, 5.74) is 7.33. The van der Waals surface area contributed by atoms with Crippen LogP contribution in [0.1, 0.15) is 24.5 Å². The van der Waals surface area contributed by atoms with Gasteiger partial charge in [-0.05, 0) is 37.6 Å². The van der Waals surface area contributed by atoms with E-state index in [4.69, 9.17) is 5.73 Å². The molecular formula is C17H23N3O. The molecule has 1 heterocycles. The highest BCUT2D eigenvalue weighted by Gasteiger charge is 2.39. The maximum atomic E-state index is 11.9. The van der Waals surface area contributed by atoms with Gasteiger partial charge in [-0.1, -0.05) is 24.0 Å². The van der Waals surface area contributed by atoms with Gasteiger partial charge in [0.2, 0.25) is 5.91 Å². The highest BCUT2D eigenvalue weighted by molar-refractivity contribution is 5.82.